The molecule has 0 amide bonds. The molecule has 0 aliphatic rings. The molecule has 0 aromatic carbocycles. The number of ether oxygens (including phenoxy) is 3. The second-order valence-corrected chi connectivity index (χ2v) is 24.5. The summed E-state index contributed by atoms with van der Waals surface area (Å²) in [6, 6.07) is 0. The lowest BCUT2D eigenvalue weighted by Crippen LogP contribution is -2.30. The summed E-state index contributed by atoms with van der Waals surface area (Å²) < 4.78 is 16.9. The zero-order valence-corrected chi connectivity index (χ0v) is 55.5. The zero-order valence-electron chi connectivity index (χ0n) is 55.5. The minimum absolute atomic E-state index is 0.0947. The third kappa shape index (κ3) is 69.5. The van der Waals surface area contributed by atoms with Crippen molar-refractivity contribution in [3.8, 4) is 0 Å². The maximum atomic E-state index is 12.9. The van der Waals surface area contributed by atoms with Crippen LogP contribution in [0.25, 0.3) is 0 Å². The van der Waals surface area contributed by atoms with Gasteiger partial charge in [-0.3, -0.25) is 14.4 Å². The fourth-order valence-corrected chi connectivity index (χ4v) is 10.8. The third-order valence-electron chi connectivity index (χ3n) is 16.2. The van der Waals surface area contributed by atoms with Gasteiger partial charge in [0, 0.05) is 19.3 Å². The summed E-state index contributed by atoms with van der Waals surface area (Å²) in [7, 11) is 0. The molecule has 0 bridgehead atoms. The van der Waals surface area contributed by atoms with E-state index in [1.807, 2.05) is 6.08 Å². The normalized spacial score (nSPS) is 12.5. The zero-order chi connectivity index (χ0) is 59.9. The van der Waals surface area contributed by atoms with Crippen molar-refractivity contribution in [3.63, 3.8) is 0 Å². The molecule has 482 valence electrons. The average Bonchev–Trinajstić information content (AvgIpc) is 3.49. The van der Waals surface area contributed by atoms with Gasteiger partial charge in [-0.2, -0.15) is 0 Å². The smallest absolute Gasteiger partial charge is 0.306 e. The molecular weight excluding hydrogens is 1020 g/mol. The van der Waals surface area contributed by atoms with E-state index in [9.17, 15) is 14.4 Å². The number of hydrogen-bond donors (Lipinski definition) is 0. The molecule has 0 spiro atoms. The Balaban J connectivity index is 4.23. The summed E-state index contributed by atoms with van der Waals surface area (Å²) >= 11 is 0. The van der Waals surface area contributed by atoms with E-state index in [1.54, 1.807) is 0 Å². The van der Waals surface area contributed by atoms with Crippen LogP contribution in [0, 0.1) is 0 Å². The van der Waals surface area contributed by atoms with Crippen LogP contribution in [0.5, 0.6) is 0 Å². The van der Waals surface area contributed by atoms with Gasteiger partial charge in [0.2, 0.25) is 0 Å². The molecule has 0 heterocycles. The number of rotatable bonds is 67. The predicted molar refractivity (Wildman–Crippen MR) is 362 cm³/mol. The maximum Gasteiger partial charge on any atom is 0.306 e. The number of unbranched alkanes of at least 4 members (excludes halogenated alkanes) is 44. The molecule has 0 saturated carbocycles. The highest BCUT2D eigenvalue weighted by Gasteiger charge is 2.19. The Bertz CT molecular complexity index is 1520. The van der Waals surface area contributed by atoms with E-state index in [1.165, 1.54) is 263 Å². The van der Waals surface area contributed by atoms with Crippen molar-refractivity contribution in [1.29, 1.82) is 0 Å². The molecule has 0 rings (SSSR count). The monoisotopic (exact) mass is 1160 g/mol. The molecule has 0 aliphatic carbocycles. The van der Waals surface area contributed by atoms with Crippen LogP contribution in [0.3, 0.4) is 0 Å². The molecule has 1 unspecified atom stereocenters. The standard InChI is InChI=1S/C77H138O6/c1-4-7-10-13-16-19-22-25-27-29-31-33-35-36-37-38-39-40-42-43-45-47-49-52-55-58-61-64-67-70-76(79)82-73-74(72-81-75(78)69-66-63-60-57-54-51-24-21-18-15-12-9-6-3)83-77(80)71-68-65-62-59-56-53-50-48-46-44-41-34-32-30-28-26-23-20-17-14-11-8-5-2/h9,12,18,21,23,26,30,32,51,54,60,63,74H,4-8,10-11,13-17,19-20,22,24-25,27-29,31,33-50,52-53,55-59,61-62,64-73H2,1-3H3/b12-9-,21-18-,26-23-,32-30-,54-51-,63-60-. The Hall–Kier alpha value is -3.15. The van der Waals surface area contributed by atoms with Crippen molar-refractivity contribution in [2.45, 2.75) is 386 Å². The van der Waals surface area contributed by atoms with Gasteiger partial charge in [0.25, 0.3) is 0 Å². The largest absolute Gasteiger partial charge is 0.462 e. The minimum Gasteiger partial charge on any atom is -0.462 e. The molecule has 6 nitrogen and oxygen atoms in total. The molecule has 0 saturated heterocycles. The highest BCUT2D eigenvalue weighted by molar-refractivity contribution is 5.71. The number of carbonyl (C=O) groups excluding carboxylic acids is 3. The number of hydrogen-bond acceptors (Lipinski definition) is 6. The first-order chi connectivity index (χ1) is 41.0. The van der Waals surface area contributed by atoms with Crippen molar-refractivity contribution >= 4 is 17.9 Å². The van der Waals surface area contributed by atoms with Crippen LogP contribution in [-0.4, -0.2) is 37.2 Å². The van der Waals surface area contributed by atoms with Gasteiger partial charge in [-0.25, -0.2) is 0 Å². The highest BCUT2D eigenvalue weighted by atomic mass is 16.6. The van der Waals surface area contributed by atoms with Crippen LogP contribution in [-0.2, 0) is 28.6 Å². The molecular formula is C77H138O6. The lowest BCUT2D eigenvalue weighted by atomic mass is 10.0. The summed E-state index contributed by atoms with van der Waals surface area (Å²) in [5.74, 6) is -0.961. The van der Waals surface area contributed by atoms with Crippen molar-refractivity contribution in [1.82, 2.24) is 0 Å². The molecule has 1 atom stereocenters. The number of carbonyl (C=O) groups is 3. The first kappa shape index (κ1) is 79.8. The fourth-order valence-electron chi connectivity index (χ4n) is 10.8. The summed E-state index contributed by atoms with van der Waals surface area (Å²) in [4.78, 5) is 38.4. The highest BCUT2D eigenvalue weighted by Crippen LogP contribution is 2.19. The van der Waals surface area contributed by atoms with Crippen molar-refractivity contribution in [2.24, 2.45) is 0 Å². The minimum atomic E-state index is -0.806. The molecule has 0 aromatic heterocycles. The molecule has 0 fully saturated rings. The van der Waals surface area contributed by atoms with E-state index < -0.39 is 6.10 Å². The SMILES string of the molecule is CC/C=C\C/C=C\C/C=C\C/C=C\CCC(=O)OCC(COC(=O)CCCCCCCCCCCCCCCCCCCCCCCCCCCCCCC)OC(=O)CCCCCCCCCCCCC/C=C\C/C=C\CCCCCCC. The Kier molecular flexibility index (Phi) is 68.6. The van der Waals surface area contributed by atoms with Gasteiger partial charge in [-0.15, -0.1) is 0 Å². The van der Waals surface area contributed by atoms with Crippen LogP contribution >= 0.6 is 0 Å². The van der Waals surface area contributed by atoms with Crippen LogP contribution in [0.4, 0.5) is 0 Å². The van der Waals surface area contributed by atoms with Crippen molar-refractivity contribution in [3.05, 3.63) is 72.9 Å². The molecule has 0 aromatic rings. The Morgan fingerprint density at radius 3 is 0.807 bits per heavy atom. The number of esters is 3. The summed E-state index contributed by atoms with van der Waals surface area (Å²) in [5, 5.41) is 0. The summed E-state index contributed by atoms with van der Waals surface area (Å²) in [5.41, 5.74) is 0. The second-order valence-electron chi connectivity index (χ2n) is 24.5. The van der Waals surface area contributed by atoms with Gasteiger partial charge in [0.15, 0.2) is 6.10 Å². The van der Waals surface area contributed by atoms with E-state index >= 15 is 0 Å². The lowest BCUT2D eigenvalue weighted by molar-refractivity contribution is -0.166. The Labute approximate surface area is 516 Å². The fraction of sp³-hybridized carbons (Fsp3) is 0.805. The lowest BCUT2D eigenvalue weighted by Gasteiger charge is -2.18. The topological polar surface area (TPSA) is 78.9 Å². The van der Waals surface area contributed by atoms with E-state index in [-0.39, 0.29) is 37.5 Å². The van der Waals surface area contributed by atoms with Gasteiger partial charge in [-0.1, -0.05) is 357 Å². The van der Waals surface area contributed by atoms with Crippen LogP contribution in [0.1, 0.15) is 380 Å². The Morgan fingerprint density at radius 2 is 0.494 bits per heavy atom. The van der Waals surface area contributed by atoms with Crippen LogP contribution < -0.4 is 0 Å². The van der Waals surface area contributed by atoms with E-state index in [4.69, 9.17) is 14.2 Å². The second kappa shape index (κ2) is 71.3. The van der Waals surface area contributed by atoms with Gasteiger partial charge >= 0.3 is 17.9 Å². The summed E-state index contributed by atoms with van der Waals surface area (Å²) in [6.07, 6.45) is 94.0. The van der Waals surface area contributed by atoms with Crippen molar-refractivity contribution < 1.29 is 28.6 Å². The molecule has 83 heavy (non-hydrogen) atoms. The van der Waals surface area contributed by atoms with Gasteiger partial charge in [0.05, 0.1) is 0 Å². The van der Waals surface area contributed by atoms with E-state index in [0.717, 1.165) is 70.6 Å². The quantitative estimate of drug-likeness (QED) is 0.0261. The van der Waals surface area contributed by atoms with Gasteiger partial charge in [-0.05, 0) is 77.0 Å². The molecule has 0 N–H and O–H groups in total. The van der Waals surface area contributed by atoms with Crippen molar-refractivity contribution in [2.75, 3.05) is 13.2 Å². The van der Waals surface area contributed by atoms with Gasteiger partial charge in [0.1, 0.15) is 13.2 Å². The van der Waals surface area contributed by atoms with E-state index in [0.29, 0.717) is 19.3 Å². The third-order valence-corrected chi connectivity index (χ3v) is 16.2. The van der Waals surface area contributed by atoms with Crippen LogP contribution in [0.15, 0.2) is 72.9 Å². The summed E-state index contributed by atoms with van der Waals surface area (Å²) in [6.45, 7) is 6.51. The molecule has 6 heteroatoms. The number of allylic oxidation sites excluding steroid dienone is 12. The average molecular weight is 1160 g/mol. The maximum absolute atomic E-state index is 12.9. The van der Waals surface area contributed by atoms with Gasteiger partial charge < -0.3 is 14.2 Å². The van der Waals surface area contributed by atoms with Crippen LogP contribution in [0.2, 0.25) is 0 Å². The first-order valence-electron chi connectivity index (χ1n) is 36.4. The van der Waals surface area contributed by atoms with E-state index in [2.05, 4.69) is 87.6 Å². The molecule has 0 aliphatic heterocycles. The Morgan fingerprint density at radius 1 is 0.253 bits per heavy atom. The molecule has 0 radical (unpaired) electrons. The predicted octanol–water partition coefficient (Wildman–Crippen LogP) is 25.2. The first-order valence-corrected chi connectivity index (χ1v) is 36.4.